The summed E-state index contributed by atoms with van der Waals surface area (Å²) < 4.78 is 28.5. The highest BCUT2D eigenvalue weighted by molar-refractivity contribution is 7.86. The van der Waals surface area contributed by atoms with E-state index in [1.54, 1.807) is 36.5 Å². The molecule has 1 aliphatic heterocycles. The summed E-state index contributed by atoms with van der Waals surface area (Å²) in [4.78, 5) is 17.1. The minimum Gasteiger partial charge on any atom is -0.322 e. The molecular formula is C28H28FN3O2S. The molecule has 1 saturated heterocycles. The standard InChI is InChI=1S/C25H20FN3O2S.C3H8/c26-23-11-8-19(16-22(23)24-21-5-2-1-4-17(21)12-13-27-24)28-25(30)18-6-9-20(10-7-18)29-14-3-15-32(29)31;1-3-2/h1-2,4-13,16H,3,14-15H2,(H,28,30);3H2,1-2H3. The maximum atomic E-state index is 14.7. The van der Waals surface area contributed by atoms with Crippen molar-refractivity contribution >= 4 is 39.0 Å². The summed E-state index contributed by atoms with van der Waals surface area (Å²) in [5.74, 6) is -0.0434. The van der Waals surface area contributed by atoms with Gasteiger partial charge in [0.2, 0.25) is 0 Å². The zero-order valence-corrected chi connectivity index (χ0v) is 20.6. The van der Waals surface area contributed by atoms with Gasteiger partial charge >= 0.3 is 0 Å². The maximum Gasteiger partial charge on any atom is 0.255 e. The summed E-state index contributed by atoms with van der Waals surface area (Å²) in [7, 11) is -1.00. The van der Waals surface area contributed by atoms with Crippen molar-refractivity contribution in [2.75, 3.05) is 21.9 Å². The molecule has 1 N–H and O–H groups in total. The van der Waals surface area contributed by atoms with Crippen LogP contribution in [-0.2, 0) is 11.0 Å². The molecule has 0 spiro atoms. The fraction of sp³-hybridized carbons (Fsp3) is 0.214. The van der Waals surface area contributed by atoms with Gasteiger partial charge in [-0.15, -0.1) is 0 Å². The highest BCUT2D eigenvalue weighted by Crippen LogP contribution is 2.30. The van der Waals surface area contributed by atoms with E-state index in [0.717, 1.165) is 29.4 Å². The number of fused-ring (bicyclic) bond motifs is 1. The number of nitrogens with zero attached hydrogens (tertiary/aromatic N) is 2. The number of pyridine rings is 1. The van der Waals surface area contributed by atoms with Crippen LogP contribution in [0.1, 0.15) is 37.0 Å². The lowest BCUT2D eigenvalue weighted by Gasteiger charge is -2.16. The largest absolute Gasteiger partial charge is 0.322 e. The molecule has 7 heteroatoms. The van der Waals surface area contributed by atoms with E-state index in [4.69, 9.17) is 0 Å². The van der Waals surface area contributed by atoms with E-state index in [-0.39, 0.29) is 5.91 Å². The van der Waals surface area contributed by atoms with Gasteiger partial charge in [-0.05, 0) is 60.3 Å². The molecule has 1 amide bonds. The number of carbonyl (C=O) groups excluding carboxylic acids is 1. The molecule has 5 nitrogen and oxygen atoms in total. The van der Waals surface area contributed by atoms with Crippen LogP contribution in [0.4, 0.5) is 15.8 Å². The second-order valence-electron chi connectivity index (χ2n) is 8.26. The molecule has 1 aliphatic rings. The van der Waals surface area contributed by atoms with Crippen molar-refractivity contribution < 1.29 is 13.4 Å². The number of aromatic nitrogens is 1. The van der Waals surface area contributed by atoms with Crippen LogP contribution in [0, 0.1) is 5.82 Å². The molecule has 0 aliphatic carbocycles. The Morgan fingerprint density at radius 1 is 1.06 bits per heavy atom. The Labute approximate surface area is 207 Å². The molecular weight excluding hydrogens is 461 g/mol. The lowest BCUT2D eigenvalue weighted by molar-refractivity contribution is 0.102. The number of hydrogen-bond acceptors (Lipinski definition) is 3. The van der Waals surface area contributed by atoms with Gasteiger partial charge in [-0.25, -0.2) is 8.60 Å². The van der Waals surface area contributed by atoms with E-state index in [1.807, 2.05) is 34.6 Å². The average molecular weight is 490 g/mol. The predicted octanol–water partition coefficient (Wildman–Crippen LogP) is 6.58. The summed E-state index contributed by atoms with van der Waals surface area (Å²) in [6.07, 6.45) is 3.80. The monoisotopic (exact) mass is 489 g/mol. The van der Waals surface area contributed by atoms with E-state index in [9.17, 15) is 13.4 Å². The van der Waals surface area contributed by atoms with Crippen LogP contribution in [0.3, 0.4) is 0 Å². The third kappa shape index (κ3) is 5.57. The number of rotatable bonds is 4. The lowest BCUT2D eigenvalue weighted by atomic mass is 10.0. The Kier molecular flexibility index (Phi) is 7.87. The summed E-state index contributed by atoms with van der Waals surface area (Å²) in [6.45, 7) is 5.00. The number of hydrogen-bond donors (Lipinski definition) is 1. The average Bonchev–Trinajstić information content (AvgIpc) is 3.31. The van der Waals surface area contributed by atoms with Crippen molar-refractivity contribution in [3.63, 3.8) is 0 Å². The van der Waals surface area contributed by atoms with Gasteiger partial charge in [-0.2, -0.15) is 0 Å². The fourth-order valence-corrected chi connectivity index (χ4v) is 5.18. The molecule has 35 heavy (non-hydrogen) atoms. The highest BCUT2D eigenvalue weighted by Gasteiger charge is 2.20. The van der Waals surface area contributed by atoms with Gasteiger partial charge in [0, 0.05) is 46.4 Å². The Hall–Kier alpha value is -3.58. The van der Waals surface area contributed by atoms with Gasteiger partial charge in [0.05, 0.1) is 5.69 Å². The number of halogens is 1. The van der Waals surface area contributed by atoms with Gasteiger partial charge in [-0.1, -0.05) is 44.5 Å². The maximum absolute atomic E-state index is 14.7. The van der Waals surface area contributed by atoms with Crippen LogP contribution in [0.25, 0.3) is 22.0 Å². The highest BCUT2D eigenvalue weighted by atomic mass is 32.2. The first-order valence-electron chi connectivity index (χ1n) is 11.7. The first kappa shape index (κ1) is 24.5. The first-order chi connectivity index (χ1) is 17.0. The molecule has 180 valence electrons. The number of anilines is 2. The number of nitrogens with one attached hydrogen (secondary N) is 1. The van der Waals surface area contributed by atoms with Crippen LogP contribution in [0.2, 0.25) is 0 Å². The van der Waals surface area contributed by atoms with Crippen molar-refractivity contribution in [1.29, 1.82) is 0 Å². The molecule has 0 radical (unpaired) electrons. The fourth-order valence-electron chi connectivity index (χ4n) is 3.89. The Balaban J connectivity index is 0.000000917. The van der Waals surface area contributed by atoms with Crippen LogP contribution < -0.4 is 9.62 Å². The molecule has 0 saturated carbocycles. The molecule has 5 rings (SSSR count). The molecule has 1 unspecified atom stereocenters. The first-order valence-corrected chi connectivity index (χ1v) is 13.0. The third-order valence-corrected chi connectivity index (χ3v) is 7.02. The van der Waals surface area contributed by atoms with E-state index in [1.165, 1.54) is 18.6 Å². The lowest BCUT2D eigenvalue weighted by Crippen LogP contribution is -2.19. The second kappa shape index (κ2) is 11.2. The summed E-state index contributed by atoms with van der Waals surface area (Å²) in [5, 5.41) is 4.64. The van der Waals surface area contributed by atoms with Crippen LogP contribution in [-0.4, -0.2) is 27.4 Å². The molecule has 3 aromatic carbocycles. The van der Waals surface area contributed by atoms with Crippen LogP contribution in [0.15, 0.2) is 79.0 Å². The topological polar surface area (TPSA) is 62.3 Å². The number of benzene rings is 3. The third-order valence-electron chi connectivity index (χ3n) is 5.50. The molecule has 1 aromatic heterocycles. The zero-order valence-electron chi connectivity index (χ0n) is 19.8. The van der Waals surface area contributed by atoms with Gasteiger partial charge in [0.25, 0.3) is 5.91 Å². The minimum atomic E-state index is -1.00. The van der Waals surface area contributed by atoms with Gasteiger partial charge in [0.1, 0.15) is 16.8 Å². The van der Waals surface area contributed by atoms with Crippen molar-refractivity contribution in [3.05, 3.63) is 90.4 Å². The number of carbonyl (C=O) groups is 1. The van der Waals surface area contributed by atoms with Crippen molar-refractivity contribution in [2.45, 2.75) is 26.7 Å². The van der Waals surface area contributed by atoms with Crippen molar-refractivity contribution in [1.82, 2.24) is 4.98 Å². The summed E-state index contributed by atoms with van der Waals surface area (Å²) in [6, 6.07) is 21.0. The van der Waals surface area contributed by atoms with Crippen molar-refractivity contribution in [2.24, 2.45) is 0 Å². The normalized spacial score (nSPS) is 14.9. The molecule has 1 fully saturated rings. The molecule has 0 bridgehead atoms. The molecule has 4 aromatic rings. The van der Waals surface area contributed by atoms with E-state index in [2.05, 4.69) is 24.1 Å². The quantitative estimate of drug-likeness (QED) is 0.352. The SMILES string of the molecule is CCC.O=C(Nc1ccc(F)c(-c2nccc3ccccc23)c1)c1ccc(N2CCCS2=O)cc1. The second-order valence-corrected chi connectivity index (χ2v) is 9.76. The minimum absolute atomic E-state index is 0.303. The van der Waals surface area contributed by atoms with Crippen LogP contribution >= 0.6 is 0 Å². The number of amides is 1. The van der Waals surface area contributed by atoms with Gasteiger partial charge < -0.3 is 5.32 Å². The Morgan fingerprint density at radius 2 is 1.80 bits per heavy atom. The smallest absolute Gasteiger partial charge is 0.255 e. The van der Waals surface area contributed by atoms with E-state index in [0.29, 0.717) is 28.3 Å². The Morgan fingerprint density at radius 3 is 2.51 bits per heavy atom. The van der Waals surface area contributed by atoms with E-state index < -0.39 is 16.8 Å². The van der Waals surface area contributed by atoms with Gasteiger partial charge in [-0.3, -0.25) is 14.1 Å². The van der Waals surface area contributed by atoms with E-state index >= 15 is 0 Å². The summed E-state index contributed by atoms with van der Waals surface area (Å²) in [5.41, 5.74) is 2.63. The van der Waals surface area contributed by atoms with Crippen molar-refractivity contribution in [3.8, 4) is 11.3 Å². The summed E-state index contributed by atoms with van der Waals surface area (Å²) >= 11 is 0. The zero-order chi connectivity index (χ0) is 24.8. The molecule has 2 heterocycles. The molecule has 1 atom stereocenters. The Bertz CT molecular complexity index is 1350. The van der Waals surface area contributed by atoms with Gasteiger partial charge in [0.15, 0.2) is 0 Å². The predicted molar refractivity (Wildman–Crippen MR) is 142 cm³/mol. The van der Waals surface area contributed by atoms with Crippen LogP contribution in [0.5, 0.6) is 0 Å².